The summed E-state index contributed by atoms with van der Waals surface area (Å²) in [5.41, 5.74) is 0. The third kappa shape index (κ3) is 3.54. The van der Waals surface area contributed by atoms with Crippen LogP contribution in [0.25, 0.3) is 0 Å². The van der Waals surface area contributed by atoms with Gasteiger partial charge < -0.3 is 14.6 Å². The molecule has 2 atom stereocenters. The first-order valence-corrected chi connectivity index (χ1v) is 6.34. The standard InChI is InChI=1S/C13H25N3O/c1-6-16-8-7-15-12(16)9-11(14-4)13(17-5)10(2)3/h7-8,10-11,13-14H,6,9H2,1-5H3. The number of methoxy groups -OCH3 is 1. The van der Waals surface area contributed by atoms with Crippen LogP contribution in [0.3, 0.4) is 0 Å². The normalized spacial score (nSPS) is 15.2. The molecule has 2 unspecified atom stereocenters. The Morgan fingerprint density at radius 1 is 1.47 bits per heavy atom. The van der Waals surface area contributed by atoms with E-state index in [9.17, 15) is 0 Å². The maximum absolute atomic E-state index is 5.59. The summed E-state index contributed by atoms with van der Waals surface area (Å²) in [5.74, 6) is 1.61. The van der Waals surface area contributed by atoms with Crippen molar-refractivity contribution in [3.8, 4) is 0 Å². The zero-order chi connectivity index (χ0) is 12.8. The van der Waals surface area contributed by atoms with Crippen LogP contribution in [0.2, 0.25) is 0 Å². The molecule has 1 N–H and O–H groups in total. The quantitative estimate of drug-likeness (QED) is 0.787. The lowest BCUT2D eigenvalue weighted by Crippen LogP contribution is -2.44. The third-order valence-electron chi connectivity index (χ3n) is 3.24. The summed E-state index contributed by atoms with van der Waals surface area (Å²) in [6, 6.07) is 0.299. The largest absolute Gasteiger partial charge is 0.380 e. The molecule has 98 valence electrons. The number of hydrogen-bond acceptors (Lipinski definition) is 3. The summed E-state index contributed by atoms with van der Waals surface area (Å²) in [6.45, 7) is 7.47. The molecule has 0 saturated heterocycles. The highest BCUT2D eigenvalue weighted by Crippen LogP contribution is 2.14. The first kappa shape index (κ1) is 14.2. The number of rotatable bonds is 7. The van der Waals surface area contributed by atoms with Gasteiger partial charge in [-0.1, -0.05) is 13.8 Å². The minimum atomic E-state index is 0.210. The summed E-state index contributed by atoms with van der Waals surface area (Å²) >= 11 is 0. The molecule has 0 aromatic carbocycles. The molecule has 17 heavy (non-hydrogen) atoms. The van der Waals surface area contributed by atoms with E-state index < -0.39 is 0 Å². The highest BCUT2D eigenvalue weighted by atomic mass is 16.5. The molecular weight excluding hydrogens is 214 g/mol. The van der Waals surface area contributed by atoms with Crippen molar-refractivity contribution >= 4 is 0 Å². The van der Waals surface area contributed by atoms with E-state index in [0.29, 0.717) is 12.0 Å². The summed E-state index contributed by atoms with van der Waals surface area (Å²) in [7, 11) is 3.76. The van der Waals surface area contributed by atoms with Gasteiger partial charge in [0.15, 0.2) is 0 Å². The van der Waals surface area contributed by atoms with Gasteiger partial charge in [-0.25, -0.2) is 4.98 Å². The van der Waals surface area contributed by atoms with E-state index in [1.54, 1.807) is 7.11 Å². The van der Waals surface area contributed by atoms with E-state index in [-0.39, 0.29) is 6.10 Å². The summed E-state index contributed by atoms with van der Waals surface area (Å²) in [5, 5.41) is 3.35. The molecule has 1 aromatic heterocycles. The van der Waals surface area contributed by atoms with Gasteiger partial charge in [0, 0.05) is 38.5 Å². The number of imidazole rings is 1. The van der Waals surface area contributed by atoms with Crippen LogP contribution in [-0.4, -0.2) is 35.9 Å². The minimum Gasteiger partial charge on any atom is -0.380 e. The lowest BCUT2D eigenvalue weighted by Gasteiger charge is -2.28. The fourth-order valence-corrected chi connectivity index (χ4v) is 2.30. The fourth-order valence-electron chi connectivity index (χ4n) is 2.30. The molecular formula is C13H25N3O. The van der Waals surface area contributed by atoms with Gasteiger partial charge >= 0.3 is 0 Å². The van der Waals surface area contributed by atoms with Crippen LogP contribution in [0.15, 0.2) is 12.4 Å². The lowest BCUT2D eigenvalue weighted by molar-refractivity contribution is 0.0346. The van der Waals surface area contributed by atoms with E-state index in [4.69, 9.17) is 4.74 Å². The summed E-state index contributed by atoms with van der Waals surface area (Å²) in [4.78, 5) is 4.42. The number of aryl methyl sites for hydroxylation is 1. The SMILES string of the molecule is CCn1ccnc1CC(NC)C(OC)C(C)C. The Hall–Kier alpha value is -0.870. The Balaban J connectivity index is 2.75. The van der Waals surface area contributed by atoms with E-state index in [1.165, 1.54) is 0 Å². The van der Waals surface area contributed by atoms with Crippen molar-refractivity contribution in [3.05, 3.63) is 18.2 Å². The Morgan fingerprint density at radius 2 is 2.18 bits per heavy atom. The minimum absolute atomic E-state index is 0.210. The van der Waals surface area contributed by atoms with Gasteiger partial charge in [0.05, 0.1) is 6.10 Å². The average molecular weight is 239 g/mol. The molecule has 0 radical (unpaired) electrons. The van der Waals surface area contributed by atoms with Crippen molar-refractivity contribution in [2.45, 2.75) is 45.9 Å². The Bertz CT molecular complexity index is 322. The van der Waals surface area contributed by atoms with Crippen LogP contribution in [0.4, 0.5) is 0 Å². The monoisotopic (exact) mass is 239 g/mol. The van der Waals surface area contributed by atoms with Crippen LogP contribution in [0.1, 0.15) is 26.6 Å². The van der Waals surface area contributed by atoms with Crippen molar-refractivity contribution in [1.82, 2.24) is 14.9 Å². The average Bonchev–Trinajstić information content (AvgIpc) is 2.75. The highest BCUT2D eigenvalue weighted by molar-refractivity contribution is 4.97. The third-order valence-corrected chi connectivity index (χ3v) is 3.24. The van der Waals surface area contributed by atoms with Gasteiger partial charge in [-0.3, -0.25) is 0 Å². The topological polar surface area (TPSA) is 39.1 Å². The molecule has 0 bridgehead atoms. The van der Waals surface area contributed by atoms with Crippen LogP contribution >= 0.6 is 0 Å². The van der Waals surface area contributed by atoms with Crippen molar-refractivity contribution in [1.29, 1.82) is 0 Å². The van der Waals surface area contributed by atoms with E-state index in [1.807, 2.05) is 19.4 Å². The smallest absolute Gasteiger partial charge is 0.110 e. The molecule has 0 amide bonds. The van der Waals surface area contributed by atoms with Gasteiger partial charge in [0.25, 0.3) is 0 Å². The predicted molar refractivity (Wildman–Crippen MR) is 70.1 cm³/mol. The Kier molecular flexibility index (Phi) is 5.65. The highest BCUT2D eigenvalue weighted by Gasteiger charge is 2.24. The Morgan fingerprint density at radius 3 is 2.65 bits per heavy atom. The zero-order valence-corrected chi connectivity index (χ0v) is 11.6. The molecule has 1 rings (SSSR count). The molecule has 0 aliphatic heterocycles. The Labute approximate surface area is 104 Å². The second-order valence-corrected chi connectivity index (χ2v) is 4.67. The molecule has 4 heteroatoms. The van der Waals surface area contributed by atoms with E-state index >= 15 is 0 Å². The number of nitrogens with zero attached hydrogens (tertiary/aromatic N) is 2. The summed E-state index contributed by atoms with van der Waals surface area (Å²) < 4.78 is 7.77. The van der Waals surface area contributed by atoms with E-state index in [0.717, 1.165) is 18.8 Å². The maximum Gasteiger partial charge on any atom is 0.110 e. The molecule has 0 aliphatic carbocycles. The maximum atomic E-state index is 5.59. The van der Waals surface area contributed by atoms with Crippen molar-refractivity contribution in [2.75, 3.05) is 14.2 Å². The first-order chi connectivity index (χ1) is 8.13. The van der Waals surface area contributed by atoms with Gasteiger partial charge in [0.2, 0.25) is 0 Å². The van der Waals surface area contributed by atoms with Crippen molar-refractivity contribution in [2.24, 2.45) is 5.92 Å². The van der Waals surface area contributed by atoms with E-state index in [2.05, 4.69) is 35.6 Å². The number of likely N-dealkylation sites (N-methyl/N-ethyl adjacent to an activating group) is 1. The van der Waals surface area contributed by atoms with Crippen molar-refractivity contribution < 1.29 is 4.74 Å². The molecule has 1 aromatic rings. The second kappa shape index (κ2) is 6.77. The fraction of sp³-hybridized carbons (Fsp3) is 0.769. The van der Waals surface area contributed by atoms with Gasteiger partial charge in [-0.05, 0) is 19.9 Å². The predicted octanol–water partition coefficient (Wildman–Crippen LogP) is 1.70. The molecule has 0 spiro atoms. The number of hydrogen-bond donors (Lipinski definition) is 1. The van der Waals surface area contributed by atoms with Crippen molar-refractivity contribution in [3.63, 3.8) is 0 Å². The lowest BCUT2D eigenvalue weighted by atomic mass is 9.97. The van der Waals surface area contributed by atoms with Crippen LogP contribution < -0.4 is 5.32 Å². The number of aromatic nitrogens is 2. The number of nitrogens with one attached hydrogen (secondary N) is 1. The molecule has 4 nitrogen and oxygen atoms in total. The molecule has 0 aliphatic rings. The van der Waals surface area contributed by atoms with Gasteiger partial charge in [0.1, 0.15) is 5.82 Å². The molecule has 0 saturated carbocycles. The van der Waals surface area contributed by atoms with Gasteiger partial charge in [-0.15, -0.1) is 0 Å². The van der Waals surface area contributed by atoms with Crippen LogP contribution in [0, 0.1) is 5.92 Å². The molecule has 1 heterocycles. The van der Waals surface area contributed by atoms with Crippen LogP contribution in [0.5, 0.6) is 0 Å². The summed E-state index contributed by atoms with van der Waals surface area (Å²) in [6.07, 6.45) is 5.00. The number of ether oxygens (including phenoxy) is 1. The zero-order valence-electron chi connectivity index (χ0n) is 11.6. The van der Waals surface area contributed by atoms with Gasteiger partial charge in [-0.2, -0.15) is 0 Å². The first-order valence-electron chi connectivity index (χ1n) is 6.34. The molecule has 0 fully saturated rings. The van der Waals surface area contributed by atoms with Crippen LogP contribution in [-0.2, 0) is 17.7 Å². The second-order valence-electron chi connectivity index (χ2n) is 4.67.